The summed E-state index contributed by atoms with van der Waals surface area (Å²) in [6.07, 6.45) is 0.00102. The molecule has 8 heteroatoms. The van der Waals surface area contributed by atoms with Crippen molar-refractivity contribution in [3.63, 3.8) is 0 Å². The minimum Gasteiger partial charge on any atom is -0.507 e. The highest BCUT2D eigenvalue weighted by Gasteiger charge is 2.47. The van der Waals surface area contributed by atoms with Gasteiger partial charge in [0.25, 0.3) is 11.7 Å². The summed E-state index contributed by atoms with van der Waals surface area (Å²) >= 11 is 0. The first-order valence-corrected chi connectivity index (χ1v) is 12.2. The van der Waals surface area contributed by atoms with Crippen LogP contribution in [0.15, 0.2) is 48.0 Å². The molecule has 0 saturated carbocycles. The number of carbonyl (C=O) groups excluding carboxylic acids is 2. The molecule has 1 heterocycles. The molecule has 1 aliphatic rings. The number of hydrogen-bond donors (Lipinski definition) is 1. The Labute approximate surface area is 213 Å². The molecule has 2 aromatic rings. The van der Waals surface area contributed by atoms with E-state index in [-0.39, 0.29) is 17.4 Å². The zero-order valence-corrected chi connectivity index (χ0v) is 21.9. The van der Waals surface area contributed by atoms with Crippen molar-refractivity contribution in [2.45, 2.75) is 39.8 Å². The largest absolute Gasteiger partial charge is 0.507 e. The molecule has 194 valence electrons. The van der Waals surface area contributed by atoms with Gasteiger partial charge in [0.1, 0.15) is 23.0 Å². The van der Waals surface area contributed by atoms with Gasteiger partial charge in [-0.1, -0.05) is 13.8 Å². The Balaban J connectivity index is 2.15. The lowest BCUT2D eigenvalue weighted by molar-refractivity contribution is -0.140. The van der Waals surface area contributed by atoms with Crippen LogP contribution < -0.4 is 14.2 Å². The Morgan fingerprint density at radius 2 is 1.64 bits per heavy atom. The first-order valence-electron chi connectivity index (χ1n) is 12.2. The first-order chi connectivity index (χ1) is 17.2. The molecule has 3 rings (SSSR count). The standard InChI is InChI=1S/C28H36N2O6/c1-7-29(8-2)15-16-30-25(22-17-21(34-5)13-14-23(22)35-6)24(27(32)28(30)33)26(31)19-9-11-20(12-10-19)36-18(3)4/h9-14,17-18,25,31H,7-8,15-16H2,1-6H3/t25-/m1/s1. The fourth-order valence-electron chi connectivity index (χ4n) is 4.40. The number of benzene rings is 2. The zero-order valence-electron chi connectivity index (χ0n) is 21.9. The average Bonchev–Trinajstić information content (AvgIpc) is 3.13. The maximum Gasteiger partial charge on any atom is 0.295 e. The summed E-state index contributed by atoms with van der Waals surface area (Å²) in [6.45, 7) is 10.5. The van der Waals surface area contributed by atoms with E-state index in [1.807, 2.05) is 27.7 Å². The van der Waals surface area contributed by atoms with Gasteiger partial charge in [-0.2, -0.15) is 0 Å². The van der Waals surface area contributed by atoms with E-state index in [0.29, 0.717) is 41.5 Å². The number of ether oxygens (including phenoxy) is 3. The monoisotopic (exact) mass is 496 g/mol. The number of carbonyl (C=O) groups is 2. The lowest BCUT2D eigenvalue weighted by Gasteiger charge is -2.29. The number of aliphatic hydroxyl groups excluding tert-OH is 1. The SMILES string of the molecule is CCN(CC)CCN1C(=O)C(=O)C(=C(O)c2ccc(OC(C)C)cc2)[C@H]1c1cc(OC)ccc1OC. The van der Waals surface area contributed by atoms with Gasteiger partial charge in [-0.3, -0.25) is 9.59 Å². The molecule has 0 radical (unpaired) electrons. The molecule has 1 fully saturated rings. The van der Waals surface area contributed by atoms with Crippen LogP contribution in [0.3, 0.4) is 0 Å². The van der Waals surface area contributed by atoms with Crippen molar-refractivity contribution < 1.29 is 28.9 Å². The minimum atomic E-state index is -0.836. The van der Waals surface area contributed by atoms with Crippen LogP contribution in [0.1, 0.15) is 44.9 Å². The summed E-state index contributed by atoms with van der Waals surface area (Å²) in [5, 5.41) is 11.3. The minimum absolute atomic E-state index is 0.00102. The molecule has 0 bridgehead atoms. The van der Waals surface area contributed by atoms with Crippen molar-refractivity contribution in [3.05, 3.63) is 59.2 Å². The number of ketones is 1. The molecule has 0 unspecified atom stereocenters. The average molecular weight is 497 g/mol. The molecule has 1 aliphatic heterocycles. The lowest BCUT2D eigenvalue weighted by atomic mass is 9.94. The summed E-state index contributed by atoms with van der Waals surface area (Å²) < 4.78 is 16.7. The highest BCUT2D eigenvalue weighted by atomic mass is 16.5. The fraction of sp³-hybridized carbons (Fsp3) is 0.429. The van der Waals surface area contributed by atoms with Crippen LogP contribution in [0.4, 0.5) is 0 Å². The van der Waals surface area contributed by atoms with E-state index in [9.17, 15) is 14.7 Å². The Bertz CT molecular complexity index is 1110. The molecule has 1 atom stereocenters. The number of likely N-dealkylation sites (tertiary alicyclic amines) is 1. The second-order valence-corrected chi connectivity index (χ2v) is 8.82. The number of methoxy groups -OCH3 is 2. The number of aliphatic hydroxyl groups is 1. The summed E-state index contributed by atoms with van der Waals surface area (Å²) in [7, 11) is 3.07. The van der Waals surface area contributed by atoms with Crippen molar-refractivity contribution in [2.24, 2.45) is 0 Å². The van der Waals surface area contributed by atoms with Crippen LogP contribution in [0.2, 0.25) is 0 Å². The number of hydrogen-bond acceptors (Lipinski definition) is 7. The predicted molar refractivity (Wildman–Crippen MR) is 139 cm³/mol. The molecule has 36 heavy (non-hydrogen) atoms. The van der Waals surface area contributed by atoms with E-state index in [0.717, 1.165) is 13.1 Å². The molecule has 0 aliphatic carbocycles. The van der Waals surface area contributed by atoms with Gasteiger partial charge >= 0.3 is 0 Å². The first kappa shape index (κ1) is 27.1. The fourth-order valence-corrected chi connectivity index (χ4v) is 4.40. The predicted octanol–water partition coefficient (Wildman–Crippen LogP) is 4.25. The molecule has 8 nitrogen and oxygen atoms in total. The summed E-state index contributed by atoms with van der Waals surface area (Å²) in [5.41, 5.74) is 1.00. The van der Waals surface area contributed by atoms with Gasteiger partial charge in [-0.15, -0.1) is 0 Å². The van der Waals surface area contributed by atoms with Gasteiger partial charge in [-0.25, -0.2) is 0 Å². The topological polar surface area (TPSA) is 88.5 Å². The molecule has 2 aromatic carbocycles. The third kappa shape index (κ3) is 5.65. The third-order valence-corrected chi connectivity index (χ3v) is 6.32. The van der Waals surface area contributed by atoms with E-state index in [2.05, 4.69) is 4.90 Å². The van der Waals surface area contributed by atoms with Crippen LogP contribution in [-0.2, 0) is 9.59 Å². The maximum atomic E-state index is 13.3. The van der Waals surface area contributed by atoms with E-state index in [4.69, 9.17) is 14.2 Å². The van der Waals surface area contributed by atoms with Gasteiger partial charge in [0.2, 0.25) is 0 Å². The molecule has 0 spiro atoms. The quantitative estimate of drug-likeness (QED) is 0.283. The van der Waals surface area contributed by atoms with E-state index in [1.165, 1.54) is 12.0 Å². The van der Waals surface area contributed by atoms with E-state index < -0.39 is 17.7 Å². The summed E-state index contributed by atoms with van der Waals surface area (Å²) in [4.78, 5) is 30.3. The Hall–Kier alpha value is -3.52. The van der Waals surface area contributed by atoms with Crippen molar-refractivity contribution >= 4 is 17.4 Å². The third-order valence-electron chi connectivity index (χ3n) is 6.32. The normalized spacial score (nSPS) is 17.2. The Kier molecular flexibility index (Phi) is 8.98. The molecular weight excluding hydrogens is 460 g/mol. The summed E-state index contributed by atoms with van der Waals surface area (Å²) in [5.74, 6) is 0.0529. The van der Waals surface area contributed by atoms with Crippen LogP contribution >= 0.6 is 0 Å². The number of nitrogens with zero attached hydrogens (tertiary/aromatic N) is 2. The van der Waals surface area contributed by atoms with Gasteiger partial charge < -0.3 is 29.1 Å². The maximum absolute atomic E-state index is 13.3. The molecule has 1 amide bonds. The van der Waals surface area contributed by atoms with E-state index in [1.54, 1.807) is 49.6 Å². The number of likely N-dealkylation sites (N-methyl/N-ethyl adjacent to an activating group) is 1. The second kappa shape index (κ2) is 11.9. The summed E-state index contributed by atoms with van der Waals surface area (Å²) in [6, 6.07) is 11.2. The molecule has 1 saturated heterocycles. The van der Waals surface area contributed by atoms with Crippen LogP contribution in [0.5, 0.6) is 17.2 Å². The second-order valence-electron chi connectivity index (χ2n) is 8.82. The molecular formula is C28H36N2O6. The lowest BCUT2D eigenvalue weighted by Crippen LogP contribution is -2.38. The van der Waals surface area contributed by atoms with Gasteiger partial charge in [0, 0.05) is 24.2 Å². The van der Waals surface area contributed by atoms with E-state index >= 15 is 0 Å². The number of Topliss-reactive ketones (excluding diaryl/α,β-unsaturated/α-hetero) is 1. The number of amides is 1. The van der Waals surface area contributed by atoms with Crippen molar-refractivity contribution in [1.29, 1.82) is 0 Å². The van der Waals surface area contributed by atoms with Crippen LogP contribution in [-0.4, -0.2) is 73.1 Å². The highest BCUT2D eigenvalue weighted by Crippen LogP contribution is 2.43. The van der Waals surface area contributed by atoms with Gasteiger partial charge in [-0.05, 0) is 69.4 Å². The highest BCUT2D eigenvalue weighted by molar-refractivity contribution is 6.46. The zero-order chi connectivity index (χ0) is 26.4. The molecule has 0 aromatic heterocycles. The Morgan fingerprint density at radius 3 is 2.19 bits per heavy atom. The van der Waals surface area contributed by atoms with Crippen molar-refractivity contribution in [3.8, 4) is 17.2 Å². The smallest absolute Gasteiger partial charge is 0.295 e. The van der Waals surface area contributed by atoms with Crippen LogP contribution in [0, 0.1) is 0 Å². The van der Waals surface area contributed by atoms with Crippen LogP contribution in [0.25, 0.3) is 5.76 Å². The van der Waals surface area contributed by atoms with Crippen molar-refractivity contribution in [1.82, 2.24) is 9.80 Å². The molecule has 1 N–H and O–H groups in total. The Morgan fingerprint density at radius 1 is 1.00 bits per heavy atom. The number of rotatable bonds is 11. The van der Waals surface area contributed by atoms with Gasteiger partial charge in [0.15, 0.2) is 0 Å². The van der Waals surface area contributed by atoms with Gasteiger partial charge in [0.05, 0.1) is 31.9 Å². The van der Waals surface area contributed by atoms with Crippen molar-refractivity contribution in [2.75, 3.05) is 40.4 Å².